The van der Waals surface area contributed by atoms with Crippen molar-refractivity contribution in [1.82, 2.24) is 15.0 Å². The molecule has 0 saturated carbocycles. The zero-order valence-corrected chi connectivity index (χ0v) is 33.1. The average Bonchev–Trinajstić information content (AvgIpc) is 3.84. The summed E-state index contributed by atoms with van der Waals surface area (Å²) in [6.45, 7) is 18.7. The van der Waals surface area contributed by atoms with Crippen LogP contribution in [-0.4, -0.2) is 59.9 Å². The van der Waals surface area contributed by atoms with Gasteiger partial charge < -0.3 is 34.8 Å². The Labute approximate surface area is 321 Å². The van der Waals surface area contributed by atoms with Crippen molar-refractivity contribution >= 4 is 70.6 Å². The summed E-state index contributed by atoms with van der Waals surface area (Å²) in [5.74, 6) is -2.34. The summed E-state index contributed by atoms with van der Waals surface area (Å²) in [5, 5.41) is 19.8. The quantitative estimate of drug-likeness (QED) is 0.190. The Morgan fingerprint density at radius 1 is 0.962 bits per heavy atom. The van der Waals surface area contributed by atoms with Gasteiger partial charge in [0.25, 0.3) is 0 Å². The molecule has 6 rings (SSSR count). The number of nitrogens with zero attached hydrogens (tertiary/aromatic N) is 4. The molecular weight excluding hydrogens is 665 g/mol. The molecular formula is C42H48MgN4O5-2. The van der Waals surface area contributed by atoms with Crippen molar-refractivity contribution in [1.29, 1.82) is 0 Å². The number of allylic oxidation sites excluding steroid dienone is 2. The van der Waals surface area contributed by atoms with E-state index in [0.717, 1.165) is 74.9 Å². The number of rotatable bonds is 10. The van der Waals surface area contributed by atoms with Gasteiger partial charge in [0, 0.05) is 11.6 Å². The summed E-state index contributed by atoms with van der Waals surface area (Å²) in [7, 11) is 1.32. The van der Waals surface area contributed by atoms with E-state index in [0.29, 0.717) is 28.3 Å². The molecule has 0 radical (unpaired) electrons. The molecule has 1 aliphatic carbocycles. The van der Waals surface area contributed by atoms with E-state index in [4.69, 9.17) is 29.7 Å². The smallest absolute Gasteiger partial charge is 0.681 e. The molecule has 10 heteroatoms. The van der Waals surface area contributed by atoms with Crippen LogP contribution in [0.3, 0.4) is 0 Å². The van der Waals surface area contributed by atoms with Crippen LogP contribution >= 0.6 is 0 Å². The van der Waals surface area contributed by atoms with Crippen LogP contribution in [0, 0.1) is 38.5 Å². The van der Waals surface area contributed by atoms with E-state index < -0.39 is 17.9 Å². The van der Waals surface area contributed by atoms with Crippen LogP contribution in [0.1, 0.15) is 98.3 Å². The van der Waals surface area contributed by atoms with Crippen LogP contribution in [0.4, 0.5) is 0 Å². The van der Waals surface area contributed by atoms with Gasteiger partial charge in [-0.25, -0.2) is 0 Å². The van der Waals surface area contributed by atoms with Crippen molar-refractivity contribution in [3.05, 3.63) is 95.4 Å². The molecule has 3 aromatic heterocycles. The van der Waals surface area contributed by atoms with Gasteiger partial charge in [-0.15, -0.1) is 33.1 Å². The second kappa shape index (κ2) is 15.8. The van der Waals surface area contributed by atoms with Crippen LogP contribution in [0.2, 0.25) is 0 Å². The van der Waals surface area contributed by atoms with Crippen LogP contribution in [-0.2, 0) is 25.5 Å². The maximum Gasteiger partial charge on any atom is 2.00 e. The fourth-order valence-corrected chi connectivity index (χ4v) is 8.04. The molecule has 270 valence electrons. The molecule has 4 atom stereocenters. The van der Waals surface area contributed by atoms with E-state index in [2.05, 4.69) is 34.3 Å². The first-order valence-electron chi connectivity index (χ1n) is 18.0. The molecule has 8 bridgehead atoms. The number of methoxy groups -OCH3 is 1. The fourth-order valence-electron chi connectivity index (χ4n) is 8.04. The molecule has 2 aliphatic heterocycles. The van der Waals surface area contributed by atoms with Gasteiger partial charge in [0.05, 0.1) is 7.11 Å². The first kappa shape index (κ1) is 39.1. The molecule has 0 aromatic carbocycles. The monoisotopic (exact) mass is 712 g/mol. The normalized spacial score (nSPS) is 22.7. The number of hydrogen-bond donors (Lipinski definition) is 1. The van der Waals surface area contributed by atoms with E-state index in [9.17, 15) is 14.7 Å². The van der Waals surface area contributed by atoms with E-state index in [1.807, 2.05) is 51.2 Å². The van der Waals surface area contributed by atoms with Gasteiger partial charge in [-0.05, 0) is 70.4 Å². The number of carbonyl (C=O) groups is 2. The molecule has 1 fully saturated rings. The molecule has 1 saturated heterocycles. The molecule has 52 heavy (non-hydrogen) atoms. The third-order valence-corrected chi connectivity index (χ3v) is 11.0. The molecule has 3 aromatic rings. The van der Waals surface area contributed by atoms with E-state index >= 15 is 0 Å². The molecule has 1 N–H and O–H groups in total. The number of esters is 2. The minimum absolute atomic E-state index is 0. The third kappa shape index (κ3) is 6.87. The first-order chi connectivity index (χ1) is 24.4. The SMILES string of the molecule is C=Cc1c2[n-]c(c1C)/C=C1\[N-]C(C3=c4[n-]c(c(C)c4=C(O)[C@@H]3C(=O)OC)/C=c3\[n-]/c(c(C)c3CC)=C\2)[C@@H](CCC(=O)OC/C=C(\C)CCC)[C@@H]1C.[Mg+2]. The molecule has 1 unspecified atom stereocenters. The van der Waals surface area contributed by atoms with Crippen LogP contribution in [0.15, 0.2) is 23.9 Å². The van der Waals surface area contributed by atoms with E-state index in [-0.39, 0.29) is 59.6 Å². The van der Waals surface area contributed by atoms with Crippen LogP contribution < -0.4 is 36.2 Å². The second-order valence-corrected chi connectivity index (χ2v) is 14.0. The van der Waals surface area contributed by atoms with Crippen molar-refractivity contribution < 1.29 is 24.2 Å². The predicted octanol–water partition coefficient (Wildman–Crippen LogP) is 4.02. The number of carbonyl (C=O) groups excluding carboxylic acids is 2. The van der Waals surface area contributed by atoms with Gasteiger partial charge in [0.2, 0.25) is 0 Å². The summed E-state index contributed by atoms with van der Waals surface area (Å²) in [5.41, 5.74) is 9.64. The van der Waals surface area contributed by atoms with Gasteiger partial charge in [-0.2, -0.15) is 5.70 Å². The Balaban J connectivity index is 0.00000523. The van der Waals surface area contributed by atoms with Gasteiger partial charge in [0.15, 0.2) is 0 Å². The summed E-state index contributed by atoms with van der Waals surface area (Å²) in [6.07, 6.45) is 13.2. The van der Waals surface area contributed by atoms with Gasteiger partial charge >= 0.3 is 35.0 Å². The standard InChI is InChI=1S/C42H48N4O5.Mg/c1-10-13-21(4)16-17-51-35(47)15-14-28-24(7)31-18-29-22(5)26(11-2)33(43-29)19-30-23(6)27(12-3)34(44-30)20-32-25(8)36-40(46-32)37(39(28)45-31)38(41(36)48)42(49)50-9;/h11,16,18-20,24,28,38-39,48H,2,10,12-15,17H2,1,3-9H3;/q-4;+2/b21-16+,30-19-,31-18-,34-20-;/t24-,28-,38+,39?;/m0./s1. The van der Waals surface area contributed by atoms with Gasteiger partial charge in [-0.3, -0.25) is 9.59 Å². The van der Waals surface area contributed by atoms with Crippen molar-refractivity contribution in [2.75, 3.05) is 13.7 Å². The largest absolute Gasteiger partial charge is 2.00 e. The van der Waals surface area contributed by atoms with Crippen molar-refractivity contribution in [2.24, 2.45) is 17.8 Å². The molecule has 0 spiro atoms. The predicted molar refractivity (Wildman–Crippen MR) is 206 cm³/mol. The minimum atomic E-state index is -1.06. The van der Waals surface area contributed by atoms with E-state index in [1.54, 1.807) is 0 Å². The average molecular weight is 713 g/mol. The van der Waals surface area contributed by atoms with Crippen molar-refractivity contribution in [3.8, 4) is 0 Å². The number of aliphatic hydroxyl groups excluding tert-OH is 1. The maximum absolute atomic E-state index is 13.5. The third-order valence-electron chi connectivity index (χ3n) is 11.0. The van der Waals surface area contributed by atoms with Crippen LogP contribution in [0.25, 0.3) is 41.0 Å². The number of aliphatic hydroxyl groups is 1. The topological polar surface area (TPSA) is 129 Å². The van der Waals surface area contributed by atoms with Crippen molar-refractivity contribution in [3.63, 3.8) is 0 Å². The van der Waals surface area contributed by atoms with Crippen molar-refractivity contribution in [2.45, 2.75) is 86.6 Å². The number of hydrogen-bond acceptors (Lipinski definition) is 5. The summed E-state index contributed by atoms with van der Waals surface area (Å²) < 4.78 is 10.9. The number of aromatic nitrogens is 3. The summed E-state index contributed by atoms with van der Waals surface area (Å²) in [4.78, 5) is 41.7. The van der Waals surface area contributed by atoms with E-state index in [1.165, 1.54) is 12.7 Å². The maximum atomic E-state index is 13.5. The molecule has 0 amide bonds. The zero-order valence-electron chi connectivity index (χ0n) is 31.7. The Bertz CT molecular complexity index is 2230. The molecule has 9 nitrogen and oxygen atoms in total. The Kier molecular flexibility index (Phi) is 11.9. The van der Waals surface area contributed by atoms with Crippen LogP contribution in [0.5, 0.6) is 0 Å². The second-order valence-electron chi connectivity index (χ2n) is 14.0. The fraction of sp³-hybridized carbons (Fsp3) is 0.429. The molecule has 5 heterocycles. The first-order valence-corrected chi connectivity index (χ1v) is 18.0. The Morgan fingerprint density at radius 2 is 1.67 bits per heavy atom. The van der Waals surface area contributed by atoms with Gasteiger partial charge in [-0.1, -0.05) is 97.5 Å². The summed E-state index contributed by atoms with van der Waals surface area (Å²) in [6, 6.07) is -0.564. The number of fused-ring (bicyclic) bond motifs is 8. The van der Waals surface area contributed by atoms with Gasteiger partial charge in [0.1, 0.15) is 18.3 Å². The summed E-state index contributed by atoms with van der Waals surface area (Å²) >= 11 is 0. The Morgan fingerprint density at radius 3 is 2.35 bits per heavy atom. The minimum Gasteiger partial charge on any atom is -0.681 e. The Hall–Kier alpha value is -4.15. The number of ether oxygens (including phenoxy) is 2. The molecule has 3 aliphatic rings. The zero-order chi connectivity index (χ0) is 36.7.